The number of fused-ring (bicyclic) bond motifs is 1. The van der Waals surface area contributed by atoms with Gasteiger partial charge in [-0.1, -0.05) is 26.0 Å². The molecule has 3 aromatic heterocycles. The minimum Gasteiger partial charge on any atom is -0.259 e. The van der Waals surface area contributed by atoms with Gasteiger partial charge in [0.15, 0.2) is 11.5 Å². The molecule has 0 saturated carbocycles. The highest BCUT2D eigenvalue weighted by molar-refractivity contribution is 7.85. The van der Waals surface area contributed by atoms with Crippen molar-refractivity contribution in [2.75, 3.05) is 5.75 Å². The number of rotatable bonds is 6. The maximum absolute atomic E-state index is 12.5. The highest BCUT2D eigenvalue weighted by Crippen LogP contribution is 2.22. The van der Waals surface area contributed by atoms with E-state index in [-0.39, 0.29) is 0 Å². The molecule has 0 aliphatic rings. The lowest BCUT2D eigenvalue weighted by Gasteiger charge is -2.06. The zero-order valence-electron chi connectivity index (χ0n) is 15.2. The van der Waals surface area contributed by atoms with Crippen LogP contribution in [-0.2, 0) is 10.8 Å². The van der Waals surface area contributed by atoms with E-state index in [1.165, 1.54) is 6.33 Å². The van der Waals surface area contributed by atoms with Crippen molar-refractivity contribution < 1.29 is 4.21 Å². The molecule has 8 heteroatoms. The second-order valence-electron chi connectivity index (χ2n) is 6.76. The van der Waals surface area contributed by atoms with Crippen LogP contribution in [0.2, 0.25) is 0 Å². The summed E-state index contributed by atoms with van der Waals surface area (Å²) >= 11 is 0. The van der Waals surface area contributed by atoms with Gasteiger partial charge in [0, 0.05) is 22.9 Å². The van der Waals surface area contributed by atoms with E-state index in [1.54, 1.807) is 17.1 Å². The van der Waals surface area contributed by atoms with Crippen molar-refractivity contribution in [3.8, 4) is 17.1 Å². The number of aromatic amines is 1. The van der Waals surface area contributed by atoms with Crippen LogP contribution in [0.3, 0.4) is 0 Å². The molecule has 1 aromatic carbocycles. The number of hydrogen-bond acceptors (Lipinski definition) is 5. The van der Waals surface area contributed by atoms with E-state index >= 15 is 0 Å². The zero-order chi connectivity index (χ0) is 18.8. The molecule has 4 rings (SSSR count). The maximum atomic E-state index is 12.5. The first-order valence-corrected chi connectivity index (χ1v) is 10.1. The van der Waals surface area contributed by atoms with Crippen LogP contribution in [0.5, 0.6) is 0 Å². The lowest BCUT2D eigenvalue weighted by Crippen LogP contribution is -2.03. The third kappa shape index (κ3) is 3.66. The van der Waals surface area contributed by atoms with Crippen LogP contribution in [0.4, 0.5) is 0 Å². The summed E-state index contributed by atoms with van der Waals surface area (Å²) in [5.41, 5.74) is 2.52. The molecule has 138 valence electrons. The summed E-state index contributed by atoms with van der Waals surface area (Å²) < 4.78 is 14.2. The van der Waals surface area contributed by atoms with Gasteiger partial charge in [0.05, 0.1) is 27.6 Å². The maximum Gasteiger partial charge on any atom is 0.162 e. The molecule has 0 aliphatic carbocycles. The highest BCUT2D eigenvalue weighted by atomic mass is 32.2. The molecule has 4 aromatic rings. The number of benzene rings is 1. The molecule has 3 heterocycles. The van der Waals surface area contributed by atoms with Crippen LogP contribution < -0.4 is 0 Å². The van der Waals surface area contributed by atoms with Crippen LogP contribution in [0.15, 0.2) is 53.9 Å². The third-order valence-corrected chi connectivity index (χ3v) is 5.66. The van der Waals surface area contributed by atoms with Crippen LogP contribution >= 0.6 is 0 Å². The van der Waals surface area contributed by atoms with Crippen molar-refractivity contribution in [3.05, 3.63) is 49.1 Å². The number of nitrogens with zero attached hydrogens (tertiary/aromatic N) is 5. The quantitative estimate of drug-likeness (QED) is 0.554. The Labute approximate surface area is 159 Å². The summed E-state index contributed by atoms with van der Waals surface area (Å²) in [5.74, 6) is 1.88. The number of H-pyrrole nitrogens is 1. The molecule has 0 unspecified atom stereocenters. The lowest BCUT2D eigenvalue weighted by molar-refractivity contribution is 0.619. The Hall–Kier alpha value is -2.87. The van der Waals surface area contributed by atoms with Gasteiger partial charge in [-0.05, 0) is 30.5 Å². The first-order chi connectivity index (χ1) is 13.1. The van der Waals surface area contributed by atoms with Crippen LogP contribution in [0.25, 0.3) is 28.1 Å². The van der Waals surface area contributed by atoms with E-state index < -0.39 is 10.8 Å². The average Bonchev–Trinajstić information content (AvgIpc) is 3.35. The summed E-state index contributed by atoms with van der Waals surface area (Å²) in [6.07, 6.45) is 5.86. The monoisotopic (exact) mass is 380 g/mol. The molecule has 27 heavy (non-hydrogen) atoms. The largest absolute Gasteiger partial charge is 0.259 e. The molecular weight excluding hydrogens is 360 g/mol. The van der Waals surface area contributed by atoms with Gasteiger partial charge in [-0.2, -0.15) is 10.2 Å². The molecule has 0 saturated heterocycles. The van der Waals surface area contributed by atoms with Crippen molar-refractivity contribution >= 4 is 21.8 Å². The Bertz CT molecular complexity index is 1090. The van der Waals surface area contributed by atoms with Gasteiger partial charge in [0.25, 0.3) is 0 Å². The molecule has 0 bridgehead atoms. The fourth-order valence-electron chi connectivity index (χ4n) is 2.80. The normalized spacial score (nSPS) is 12.7. The van der Waals surface area contributed by atoms with E-state index in [0.29, 0.717) is 17.5 Å². The second kappa shape index (κ2) is 7.40. The van der Waals surface area contributed by atoms with Gasteiger partial charge in [0.1, 0.15) is 6.33 Å². The standard InChI is InChI=1S/C19H20N6OS/c1-13(2)6-7-27(26)17-9-15-10-23-25(19(15)20-11-17)16-5-3-4-14(8-16)18-21-12-22-24-18/h3-5,8-13H,6-7H2,1-2H3,(H,21,22,24)/t27-/m0/s1. The smallest absolute Gasteiger partial charge is 0.162 e. The van der Waals surface area contributed by atoms with E-state index in [0.717, 1.165) is 33.6 Å². The van der Waals surface area contributed by atoms with Gasteiger partial charge >= 0.3 is 0 Å². The molecule has 1 N–H and O–H groups in total. The van der Waals surface area contributed by atoms with E-state index in [4.69, 9.17) is 0 Å². The van der Waals surface area contributed by atoms with Crippen LogP contribution in [-0.4, -0.2) is 39.9 Å². The summed E-state index contributed by atoms with van der Waals surface area (Å²) in [7, 11) is -1.04. The summed E-state index contributed by atoms with van der Waals surface area (Å²) in [4.78, 5) is 9.46. The molecule has 0 spiro atoms. The number of pyridine rings is 1. The average molecular weight is 380 g/mol. The summed E-state index contributed by atoms with van der Waals surface area (Å²) in [6.45, 7) is 4.27. The fraction of sp³-hybridized carbons (Fsp3) is 0.263. The molecular formula is C19H20N6OS. The van der Waals surface area contributed by atoms with Crippen molar-refractivity contribution in [3.63, 3.8) is 0 Å². The van der Waals surface area contributed by atoms with E-state index in [1.807, 2.05) is 30.3 Å². The Morgan fingerprint density at radius 2 is 2.07 bits per heavy atom. The molecule has 0 radical (unpaired) electrons. The first-order valence-electron chi connectivity index (χ1n) is 8.80. The SMILES string of the molecule is CC(C)CC[S@](=O)c1cnc2c(cnn2-c2cccc(-c3ncn[nH]3)c2)c1. The number of hydrogen-bond donors (Lipinski definition) is 1. The molecule has 7 nitrogen and oxygen atoms in total. The van der Waals surface area contributed by atoms with Gasteiger partial charge in [-0.15, -0.1) is 0 Å². The van der Waals surface area contributed by atoms with Gasteiger partial charge in [0.2, 0.25) is 0 Å². The van der Waals surface area contributed by atoms with Crippen molar-refractivity contribution in [1.29, 1.82) is 0 Å². The van der Waals surface area contributed by atoms with Crippen LogP contribution in [0.1, 0.15) is 20.3 Å². The number of aromatic nitrogens is 6. The second-order valence-corrected chi connectivity index (χ2v) is 8.33. The van der Waals surface area contributed by atoms with Gasteiger partial charge in [-0.3, -0.25) is 9.31 Å². The van der Waals surface area contributed by atoms with Crippen molar-refractivity contribution in [2.24, 2.45) is 5.92 Å². The minimum absolute atomic E-state index is 0.532. The van der Waals surface area contributed by atoms with Crippen molar-refractivity contribution in [2.45, 2.75) is 25.2 Å². The molecule has 0 amide bonds. The summed E-state index contributed by atoms with van der Waals surface area (Å²) in [6, 6.07) is 9.75. The Balaban J connectivity index is 1.66. The van der Waals surface area contributed by atoms with Gasteiger partial charge in [-0.25, -0.2) is 14.6 Å². The molecule has 0 aliphatic heterocycles. The van der Waals surface area contributed by atoms with Gasteiger partial charge < -0.3 is 0 Å². The lowest BCUT2D eigenvalue weighted by atomic mass is 10.2. The first kappa shape index (κ1) is 17.5. The van der Waals surface area contributed by atoms with Crippen molar-refractivity contribution in [1.82, 2.24) is 29.9 Å². The molecule has 1 atom stereocenters. The van der Waals surface area contributed by atoms with Crippen LogP contribution in [0, 0.1) is 5.92 Å². The fourth-order valence-corrected chi connectivity index (χ4v) is 4.15. The molecule has 0 fully saturated rings. The van der Waals surface area contributed by atoms with E-state index in [9.17, 15) is 4.21 Å². The zero-order valence-corrected chi connectivity index (χ0v) is 16.0. The Morgan fingerprint density at radius 1 is 1.19 bits per heavy atom. The third-order valence-electron chi connectivity index (χ3n) is 4.31. The summed E-state index contributed by atoms with van der Waals surface area (Å²) in [5, 5.41) is 12.1. The van der Waals surface area contributed by atoms with E-state index in [2.05, 4.69) is 39.1 Å². The topological polar surface area (TPSA) is 89.3 Å². The predicted octanol–water partition coefficient (Wildman–Crippen LogP) is 3.36. The Kier molecular flexibility index (Phi) is 4.81. The minimum atomic E-state index is -1.04. The highest BCUT2D eigenvalue weighted by Gasteiger charge is 2.12. The predicted molar refractivity (Wildman–Crippen MR) is 105 cm³/mol. The number of nitrogens with one attached hydrogen (secondary N) is 1. The Morgan fingerprint density at radius 3 is 2.85 bits per heavy atom.